The second-order valence-electron chi connectivity index (χ2n) is 7.08. The van der Waals surface area contributed by atoms with Crippen LogP contribution in [0.2, 0.25) is 0 Å². The number of carbonyl (C=O) groups is 1. The third-order valence-corrected chi connectivity index (χ3v) is 7.26. The maximum atomic E-state index is 13.1. The maximum Gasteiger partial charge on any atom is 0.337 e. The van der Waals surface area contributed by atoms with Crippen LogP contribution in [-0.4, -0.2) is 56.9 Å². The average molecular weight is 403 g/mol. The predicted octanol–water partition coefficient (Wildman–Crippen LogP) is 2.60. The van der Waals surface area contributed by atoms with E-state index in [2.05, 4.69) is 24.0 Å². The van der Waals surface area contributed by atoms with Gasteiger partial charge in [-0.3, -0.25) is 4.90 Å². The number of rotatable bonds is 5. The van der Waals surface area contributed by atoms with Crippen molar-refractivity contribution in [2.45, 2.75) is 25.3 Å². The first kappa shape index (κ1) is 20.5. The topological polar surface area (TPSA) is 66.9 Å². The molecule has 6 nitrogen and oxygen atoms in total. The molecule has 1 aliphatic heterocycles. The Morgan fingerprint density at radius 1 is 1.00 bits per heavy atom. The molecule has 150 valence electrons. The zero-order chi connectivity index (χ0) is 20.3. The summed E-state index contributed by atoms with van der Waals surface area (Å²) in [6.45, 7) is 6.90. The monoisotopic (exact) mass is 402 g/mol. The fourth-order valence-corrected chi connectivity index (χ4v) is 5.11. The molecule has 1 saturated heterocycles. The number of ether oxygens (including phenoxy) is 1. The van der Waals surface area contributed by atoms with Gasteiger partial charge in [0.1, 0.15) is 0 Å². The number of hydrogen-bond acceptors (Lipinski definition) is 5. The number of benzene rings is 2. The van der Waals surface area contributed by atoms with Crippen LogP contribution in [-0.2, 0) is 21.3 Å². The molecule has 1 fully saturated rings. The Labute approximate surface area is 166 Å². The lowest BCUT2D eigenvalue weighted by molar-refractivity contribution is 0.0600. The Bertz CT molecular complexity index is 964. The lowest BCUT2D eigenvalue weighted by atomic mass is 10.1. The van der Waals surface area contributed by atoms with E-state index in [1.807, 2.05) is 12.1 Å². The second-order valence-corrected chi connectivity index (χ2v) is 8.98. The number of sulfonamides is 1. The first-order chi connectivity index (χ1) is 13.3. The number of piperazine rings is 1. The van der Waals surface area contributed by atoms with E-state index >= 15 is 0 Å². The third-order valence-electron chi connectivity index (χ3n) is 5.20. The fraction of sp³-hybridized carbons (Fsp3) is 0.381. The molecular formula is C21H26N2O4S. The van der Waals surface area contributed by atoms with Crippen molar-refractivity contribution in [3.63, 3.8) is 0 Å². The first-order valence-corrected chi connectivity index (χ1v) is 10.7. The zero-order valence-electron chi connectivity index (χ0n) is 16.5. The van der Waals surface area contributed by atoms with Crippen molar-refractivity contribution in [2.24, 2.45) is 0 Å². The quantitative estimate of drug-likeness (QED) is 0.719. The van der Waals surface area contributed by atoms with Crippen molar-refractivity contribution in [1.82, 2.24) is 9.21 Å². The van der Waals surface area contributed by atoms with E-state index in [1.165, 1.54) is 34.7 Å². The largest absolute Gasteiger partial charge is 0.465 e. The lowest BCUT2D eigenvalue weighted by Crippen LogP contribution is -2.48. The molecule has 0 aliphatic carbocycles. The Morgan fingerprint density at radius 3 is 2.29 bits per heavy atom. The highest BCUT2D eigenvalue weighted by atomic mass is 32.2. The number of esters is 1. The van der Waals surface area contributed by atoms with Crippen LogP contribution >= 0.6 is 0 Å². The van der Waals surface area contributed by atoms with Crippen LogP contribution in [0.5, 0.6) is 0 Å². The number of methoxy groups -OCH3 is 1. The molecule has 1 aliphatic rings. The minimum absolute atomic E-state index is 0.243. The van der Waals surface area contributed by atoms with Gasteiger partial charge in [0.25, 0.3) is 0 Å². The van der Waals surface area contributed by atoms with E-state index in [1.54, 1.807) is 13.0 Å². The summed E-state index contributed by atoms with van der Waals surface area (Å²) in [5, 5.41) is 0. The predicted molar refractivity (Wildman–Crippen MR) is 108 cm³/mol. The van der Waals surface area contributed by atoms with Crippen molar-refractivity contribution >= 4 is 16.0 Å². The molecule has 3 rings (SSSR count). The summed E-state index contributed by atoms with van der Waals surface area (Å²) in [7, 11) is -2.29. The summed E-state index contributed by atoms with van der Waals surface area (Å²) in [5.41, 5.74) is 3.42. The molecule has 1 heterocycles. The molecule has 0 bridgehead atoms. The van der Waals surface area contributed by atoms with E-state index in [0.29, 0.717) is 37.3 Å². The summed E-state index contributed by atoms with van der Waals surface area (Å²) < 4.78 is 32.4. The molecule has 0 N–H and O–H groups in total. The van der Waals surface area contributed by atoms with Crippen LogP contribution in [0.1, 0.15) is 27.0 Å². The van der Waals surface area contributed by atoms with Gasteiger partial charge in [-0.2, -0.15) is 4.31 Å². The smallest absolute Gasteiger partial charge is 0.337 e. The van der Waals surface area contributed by atoms with Gasteiger partial charge in [0.2, 0.25) is 10.0 Å². The molecule has 0 aromatic heterocycles. The van der Waals surface area contributed by atoms with Crippen LogP contribution in [0.3, 0.4) is 0 Å². The standard InChI is InChI=1S/C21H26N2O4S/c1-16-6-4-5-7-19(16)15-22-10-12-23(13-11-22)28(25,26)20-9-8-18(14-17(20)2)21(24)27-3/h4-9,14H,10-13,15H2,1-3H3. The maximum absolute atomic E-state index is 13.1. The summed E-state index contributed by atoms with van der Waals surface area (Å²) in [6.07, 6.45) is 0. The van der Waals surface area contributed by atoms with Crippen molar-refractivity contribution in [2.75, 3.05) is 33.3 Å². The summed E-state index contributed by atoms with van der Waals surface area (Å²) in [6, 6.07) is 12.8. The minimum Gasteiger partial charge on any atom is -0.465 e. The molecule has 0 atom stereocenters. The van der Waals surface area contributed by atoms with Crippen LogP contribution < -0.4 is 0 Å². The van der Waals surface area contributed by atoms with Gasteiger partial charge < -0.3 is 4.74 Å². The molecule has 0 radical (unpaired) electrons. The summed E-state index contributed by atoms with van der Waals surface area (Å²) in [4.78, 5) is 14.2. The molecular weight excluding hydrogens is 376 g/mol. The molecule has 0 amide bonds. The van der Waals surface area contributed by atoms with Crippen LogP contribution in [0.25, 0.3) is 0 Å². The number of nitrogens with zero attached hydrogens (tertiary/aromatic N) is 2. The van der Waals surface area contributed by atoms with Gasteiger partial charge in [-0.15, -0.1) is 0 Å². The normalized spacial score (nSPS) is 16.1. The van der Waals surface area contributed by atoms with E-state index < -0.39 is 16.0 Å². The molecule has 2 aromatic rings. The van der Waals surface area contributed by atoms with Crippen molar-refractivity contribution < 1.29 is 17.9 Å². The third kappa shape index (κ3) is 4.27. The molecule has 28 heavy (non-hydrogen) atoms. The molecule has 0 saturated carbocycles. The van der Waals surface area contributed by atoms with Gasteiger partial charge in [0, 0.05) is 32.7 Å². The molecule has 0 spiro atoms. The highest BCUT2D eigenvalue weighted by Crippen LogP contribution is 2.23. The van der Waals surface area contributed by atoms with Gasteiger partial charge in [0.15, 0.2) is 0 Å². The van der Waals surface area contributed by atoms with E-state index in [0.717, 1.165) is 6.54 Å². The molecule has 0 unspecified atom stereocenters. The fourth-order valence-electron chi connectivity index (χ4n) is 3.48. The van der Waals surface area contributed by atoms with E-state index in [4.69, 9.17) is 4.74 Å². The Kier molecular flexibility index (Phi) is 6.17. The lowest BCUT2D eigenvalue weighted by Gasteiger charge is -2.34. The van der Waals surface area contributed by atoms with Crippen molar-refractivity contribution in [3.8, 4) is 0 Å². The van der Waals surface area contributed by atoms with Crippen LogP contribution in [0.4, 0.5) is 0 Å². The van der Waals surface area contributed by atoms with Gasteiger partial charge in [-0.05, 0) is 48.7 Å². The molecule has 2 aromatic carbocycles. The van der Waals surface area contributed by atoms with E-state index in [-0.39, 0.29) is 4.90 Å². The van der Waals surface area contributed by atoms with Crippen molar-refractivity contribution in [1.29, 1.82) is 0 Å². The van der Waals surface area contributed by atoms with Crippen LogP contribution in [0, 0.1) is 13.8 Å². The Balaban J connectivity index is 1.69. The average Bonchev–Trinajstić information content (AvgIpc) is 2.69. The number of aryl methyl sites for hydroxylation is 2. The Hall–Kier alpha value is -2.22. The highest BCUT2D eigenvalue weighted by molar-refractivity contribution is 7.89. The zero-order valence-corrected chi connectivity index (χ0v) is 17.3. The SMILES string of the molecule is COC(=O)c1ccc(S(=O)(=O)N2CCN(Cc3ccccc3C)CC2)c(C)c1. The number of hydrogen-bond donors (Lipinski definition) is 0. The van der Waals surface area contributed by atoms with Gasteiger partial charge in [-0.25, -0.2) is 13.2 Å². The second kappa shape index (κ2) is 8.43. The van der Waals surface area contributed by atoms with Gasteiger partial charge in [0.05, 0.1) is 17.6 Å². The minimum atomic E-state index is -3.59. The number of carbonyl (C=O) groups excluding carboxylic acids is 1. The first-order valence-electron chi connectivity index (χ1n) is 9.29. The summed E-state index contributed by atoms with van der Waals surface area (Å²) in [5.74, 6) is -0.475. The summed E-state index contributed by atoms with van der Waals surface area (Å²) >= 11 is 0. The van der Waals surface area contributed by atoms with E-state index in [9.17, 15) is 13.2 Å². The van der Waals surface area contributed by atoms with Gasteiger partial charge in [-0.1, -0.05) is 24.3 Å². The Morgan fingerprint density at radius 2 is 1.68 bits per heavy atom. The van der Waals surface area contributed by atoms with Gasteiger partial charge >= 0.3 is 5.97 Å². The van der Waals surface area contributed by atoms with Crippen molar-refractivity contribution in [3.05, 3.63) is 64.7 Å². The van der Waals surface area contributed by atoms with Crippen LogP contribution in [0.15, 0.2) is 47.4 Å². The molecule has 7 heteroatoms. The highest BCUT2D eigenvalue weighted by Gasteiger charge is 2.30.